The lowest BCUT2D eigenvalue weighted by Gasteiger charge is -2.23. The summed E-state index contributed by atoms with van der Waals surface area (Å²) in [6.45, 7) is 1.77. The lowest BCUT2D eigenvalue weighted by Crippen LogP contribution is -2.35. The number of rotatable bonds is 3. The predicted octanol–water partition coefficient (Wildman–Crippen LogP) is 2.08. The van der Waals surface area contributed by atoms with Gasteiger partial charge in [0.2, 0.25) is 0 Å². The van der Waals surface area contributed by atoms with Crippen molar-refractivity contribution in [3.05, 3.63) is 34.9 Å². The first kappa shape index (κ1) is 12.0. The molecule has 0 spiro atoms. The number of methoxy groups -OCH3 is 1. The first-order valence-corrected chi connectivity index (χ1v) is 4.95. The molecule has 1 unspecified atom stereocenters. The van der Waals surface area contributed by atoms with Crippen molar-refractivity contribution in [1.29, 1.82) is 0 Å². The highest BCUT2D eigenvalue weighted by Gasteiger charge is 2.25. The number of hydrogen-bond donors (Lipinski definition) is 1. The molecular weight excluding hydrogens is 214 g/mol. The van der Waals surface area contributed by atoms with Crippen molar-refractivity contribution in [2.24, 2.45) is 5.73 Å². The van der Waals surface area contributed by atoms with Crippen molar-refractivity contribution in [1.82, 2.24) is 0 Å². The van der Waals surface area contributed by atoms with Crippen LogP contribution in [0.4, 0.5) is 0 Å². The van der Waals surface area contributed by atoms with Crippen LogP contribution < -0.4 is 5.73 Å². The fourth-order valence-corrected chi connectivity index (χ4v) is 1.51. The molecule has 0 aliphatic rings. The van der Waals surface area contributed by atoms with Crippen molar-refractivity contribution in [2.75, 3.05) is 7.11 Å². The first-order chi connectivity index (χ1) is 6.95. The van der Waals surface area contributed by atoms with Gasteiger partial charge in [-0.25, -0.2) is 0 Å². The van der Waals surface area contributed by atoms with Gasteiger partial charge in [0.25, 0.3) is 0 Å². The molecule has 82 valence electrons. The van der Waals surface area contributed by atoms with Crippen LogP contribution in [0.5, 0.6) is 0 Å². The third-order valence-electron chi connectivity index (χ3n) is 2.22. The van der Waals surface area contributed by atoms with Crippen molar-refractivity contribution in [2.45, 2.75) is 18.9 Å². The van der Waals surface area contributed by atoms with Crippen LogP contribution in [0.3, 0.4) is 0 Å². The average molecular weight is 228 g/mol. The molecule has 0 aliphatic carbocycles. The lowest BCUT2D eigenvalue weighted by atomic mass is 9.90. The van der Waals surface area contributed by atoms with Gasteiger partial charge in [-0.3, -0.25) is 4.79 Å². The lowest BCUT2D eigenvalue weighted by molar-refractivity contribution is -0.141. The van der Waals surface area contributed by atoms with Crippen molar-refractivity contribution < 1.29 is 9.53 Å². The molecule has 0 heterocycles. The molecule has 0 amide bonds. The van der Waals surface area contributed by atoms with Gasteiger partial charge in [0, 0.05) is 10.6 Å². The standard InChI is InChI=1S/C11H14ClNO2/c1-11(13,7-10(14)15-2)8-4-3-5-9(12)6-8/h3-6H,7,13H2,1-2H3. The van der Waals surface area contributed by atoms with E-state index < -0.39 is 5.54 Å². The molecule has 0 radical (unpaired) electrons. The Morgan fingerprint density at radius 1 is 1.60 bits per heavy atom. The minimum atomic E-state index is -0.752. The number of ether oxygens (including phenoxy) is 1. The zero-order valence-corrected chi connectivity index (χ0v) is 9.54. The van der Waals surface area contributed by atoms with E-state index in [4.69, 9.17) is 17.3 Å². The molecule has 15 heavy (non-hydrogen) atoms. The van der Waals surface area contributed by atoms with E-state index >= 15 is 0 Å². The van der Waals surface area contributed by atoms with Crippen molar-refractivity contribution in [3.63, 3.8) is 0 Å². The number of nitrogens with two attached hydrogens (primary N) is 1. The number of hydrogen-bond acceptors (Lipinski definition) is 3. The third kappa shape index (κ3) is 3.22. The second-order valence-electron chi connectivity index (χ2n) is 3.68. The normalized spacial score (nSPS) is 14.4. The Balaban J connectivity index is 2.90. The van der Waals surface area contributed by atoms with E-state index in [2.05, 4.69) is 4.74 Å². The Morgan fingerprint density at radius 2 is 2.27 bits per heavy atom. The number of carbonyl (C=O) groups is 1. The largest absolute Gasteiger partial charge is 0.469 e. The van der Waals surface area contributed by atoms with Gasteiger partial charge >= 0.3 is 5.97 Å². The summed E-state index contributed by atoms with van der Waals surface area (Å²) >= 11 is 5.85. The molecule has 2 N–H and O–H groups in total. The smallest absolute Gasteiger partial charge is 0.307 e. The van der Waals surface area contributed by atoms with Gasteiger partial charge in [-0.15, -0.1) is 0 Å². The van der Waals surface area contributed by atoms with Crippen LogP contribution in [-0.4, -0.2) is 13.1 Å². The molecule has 0 bridgehead atoms. The van der Waals surface area contributed by atoms with E-state index in [1.807, 2.05) is 6.07 Å². The Labute approximate surface area is 94.2 Å². The average Bonchev–Trinajstić information content (AvgIpc) is 2.17. The molecule has 0 saturated heterocycles. The summed E-state index contributed by atoms with van der Waals surface area (Å²) in [7, 11) is 1.34. The molecule has 1 aromatic carbocycles. The van der Waals surface area contributed by atoms with Crippen molar-refractivity contribution >= 4 is 17.6 Å². The summed E-state index contributed by atoms with van der Waals surface area (Å²) in [4.78, 5) is 11.2. The van der Waals surface area contributed by atoms with Gasteiger partial charge in [0.05, 0.1) is 13.5 Å². The van der Waals surface area contributed by atoms with Gasteiger partial charge in [-0.2, -0.15) is 0 Å². The van der Waals surface area contributed by atoms with Gasteiger partial charge < -0.3 is 10.5 Å². The Kier molecular flexibility index (Phi) is 3.72. The zero-order valence-electron chi connectivity index (χ0n) is 8.79. The molecular formula is C11H14ClNO2. The predicted molar refractivity (Wildman–Crippen MR) is 59.6 cm³/mol. The van der Waals surface area contributed by atoms with Crippen molar-refractivity contribution in [3.8, 4) is 0 Å². The molecule has 0 saturated carbocycles. The molecule has 1 atom stereocenters. The van der Waals surface area contributed by atoms with Gasteiger partial charge in [0.1, 0.15) is 0 Å². The summed E-state index contributed by atoms with van der Waals surface area (Å²) in [5, 5.41) is 0.606. The van der Waals surface area contributed by atoms with Crippen LogP contribution in [0.2, 0.25) is 5.02 Å². The maximum atomic E-state index is 11.2. The minimum absolute atomic E-state index is 0.129. The Bertz CT molecular complexity index is 363. The fraction of sp³-hybridized carbons (Fsp3) is 0.364. The monoisotopic (exact) mass is 227 g/mol. The van der Waals surface area contributed by atoms with Crippen LogP contribution in [0.15, 0.2) is 24.3 Å². The van der Waals surface area contributed by atoms with E-state index in [9.17, 15) is 4.79 Å². The molecule has 1 aromatic rings. The van der Waals surface area contributed by atoms with E-state index in [1.165, 1.54) is 7.11 Å². The Hall–Kier alpha value is -1.06. The summed E-state index contributed by atoms with van der Waals surface area (Å²) in [6, 6.07) is 7.17. The quantitative estimate of drug-likeness (QED) is 0.805. The van der Waals surface area contributed by atoms with Gasteiger partial charge in [-0.05, 0) is 24.6 Å². The van der Waals surface area contributed by atoms with E-state index in [-0.39, 0.29) is 12.4 Å². The number of carbonyl (C=O) groups excluding carboxylic acids is 1. The third-order valence-corrected chi connectivity index (χ3v) is 2.46. The highest BCUT2D eigenvalue weighted by Crippen LogP contribution is 2.24. The number of benzene rings is 1. The molecule has 0 fully saturated rings. The van der Waals surface area contributed by atoms with E-state index in [0.29, 0.717) is 5.02 Å². The second kappa shape index (κ2) is 4.64. The maximum Gasteiger partial charge on any atom is 0.307 e. The fourth-order valence-electron chi connectivity index (χ4n) is 1.32. The van der Waals surface area contributed by atoms with E-state index in [0.717, 1.165) is 5.56 Å². The van der Waals surface area contributed by atoms with Crippen LogP contribution >= 0.6 is 11.6 Å². The summed E-state index contributed by atoms with van der Waals surface area (Å²) in [6.07, 6.45) is 0.129. The molecule has 4 heteroatoms. The zero-order chi connectivity index (χ0) is 11.5. The maximum absolute atomic E-state index is 11.2. The van der Waals surface area contributed by atoms with Gasteiger partial charge in [0.15, 0.2) is 0 Å². The van der Waals surface area contributed by atoms with Gasteiger partial charge in [-0.1, -0.05) is 23.7 Å². The molecule has 0 aromatic heterocycles. The number of halogens is 1. The summed E-state index contributed by atoms with van der Waals surface area (Å²) in [5.74, 6) is -0.333. The van der Waals surface area contributed by atoms with Crippen LogP contribution in [0, 0.1) is 0 Å². The van der Waals surface area contributed by atoms with Crippen LogP contribution in [0.1, 0.15) is 18.9 Å². The highest BCUT2D eigenvalue weighted by atomic mass is 35.5. The first-order valence-electron chi connectivity index (χ1n) is 4.57. The molecule has 1 rings (SSSR count). The van der Waals surface area contributed by atoms with Crippen LogP contribution in [0.25, 0.3) is 0 Å². The topological polar surface area (TPSA) is 52.3 Å². The minimum Gasteiger partial charge on any atom is -0.469 e. The van der Waals surface area contributed by atoms with E-state index in [1.54, 1.807) is 25.1 Å². The second-order valence-corrected chi connectivity index (χ2v) is 4.12. The Morgan fingerprint density at radius 3 is 2.80 bits per heavy atom. The highest BCUT2D eigenvalue weighted by molar-refractivity contribution is 6.30. The molecule has 0 aliphatic heterocycles. The molecule has 3 nitrogen and oxygen atoms in total. The van der Waals surface area contributed by atoms with Crippen LogP contribution in [-0.2, 0) is 15.1 Å². The summed E-state index contributed by atoms with van der Waals surface area (Å²) < 4.78 is 4.59. The SMILES string of the molecule is COC(=O)CC(C)(N)c1cccc(Cl)c1. The number of esters is 1. The summed E-state index contributed by atoms with van der Waals surface area (Å²) in [5.41, 5.74) is 6.09.